The van der Waals surface area contributed by atoms with Gasteiger partial charge in [-0.15, -0.1) is 5.10 Å². The molecule has 0 bridgehead atoms. The van der Waals surface area contributed by atoms with Gasteiger partial charge in [-0.25, -0.2) is 0 Å². The minimum Gasteiger partial charge on any atom is -0.266 e. The molecule has 0 atom stereocenters. The van der Waals surface area contributed by atoms with E-state index in [1.54, 1.807) is 48.8 Å². The number of hydrogen-bond acceptors (Lipinski definition) is 5. The predicted octanol–water partition coefficient (Wildman–Crippen LogP) is 3.07. The molecule has 5 nitrogen and oxygen atoms in total. The van der Waals surface area contributed by atoms with E-state index in [0.29, 0.717) is 30.9 Å². The Labute approximate surface area is 149 Å². The van der Waals surface area contributed by atoms with Crippen LogP contribution in [0.1, 0.15) is 5.56 Å². The summed E-state index contributed by atoms with van der Waals surface area (Å²) in [6, 6.07) is 8.79. The zero-order chi connectivity index (χ0) is 16.7. The van der Waals surface area contributed by atoms with Gasteiger partial charge in [0.05, 0.1) is 4.53 Å². The van der Waals surface area contributed by atoms with E-state index in [1.165, 1.54) is 15.9 Å². The van der Waals surface area contributed by atoms with E-state index < -0.39 is 0 Å². The van der Waals surface area contributed by atoms with Crippen LogP contribution < -0.4 is 10.1 Å². The van der Waals surface area contributed by atoms with Gasteiger partial charge in [-0.3, -0.25) is 9.78 Å². The Hall–Kier alpha value is -2.28. The number of halogens is 2. The quantitative estimate of drug-likeness (QED) is 0.540. The van der Waals surface area contributed by atoms with Crippen molar-refractivity contribution in [3.05, 3.63) is 73.2 Å². The fraction of sp³-hybridized carbons (Fsp3) is 0. The zero-order valence-electron chi connectivity index (χ0n) is 12.0. The topological polar surface area (TPSA) is 60.2 Å². The highest BCUT2D eigenvalue weighted by Gasteiger charge is 2.12. The maximum atomic E-state index is 12.5. The van der Waals surface area contributed by atoms with E-state index >= 15 is 0 Å². The lowest BCUT2D eigenvalue weighted by Gasteiger charge is -1.99. The van der Waals surface area contributed by atoms with Crippen molar-refractivity contribution in [1.82, 2.24) is 19.6 Å². The normalized spacial score (nSPS) is 12.2. The van der Waals surface area contributed by atoms with Crippen molar-refractivity contribution in [3.8, 4) is 11.4 Å². The van der Waals surface area contributed by atoms with Crippen molar-refractivity contribution < 1.29 is 0 Å². The highest BCUT2D eigenvalue weighted by atomic mass is 35.5. The predicted molar refractivity (Wildman–Crippen MR) is 95.6 cm³/mol. The molecule has 0 saturated heterocycles. The third-order valence-corrected chi connectivity index (χ3v) is 5.01. The molecular weight excluding hydrogens is 367 g/mol. The van der Waals surface area contributed by atoms with Crippen molar-refractivity contribution in [1.29, 1.82) is 0 Å². The van der Waals surface area contributed by atoms with Crippen molar-refractivity contribution >= 4 is 45.6 Å². The molecule has 0 aliphatic carbocycles. The maximum absolute atomic E-state index is 12.5. The SMILES string of the molecule is O=c1/c(=C/c2c(Cl)cccc2Cl)sc2nc(-c3ccncc3)nn12. The van der Waals surface area contributed by atoms with Gasteiger partial charge in [0.15, 0.2) is 5.82 Å². The van der Waals surface area contributed by atoms with Crippen molar-refractivity contribution in [2.45, 2.75) is 0 Å². The van der Waals surface area contributed by atoms with Crippen LogP contribution in [0.4, 0.5) is 0 Å². The number of rotatable bonds is 2. The Morgan fingerprint density at radius 3 is 2.46 bits per heavy atom. The van der Waals surface area contributed by atoms with E-state index in [0.717, 1.165) is 5.56 Å². The largest absolute Gasteiger partial charge is 0.291 e. The Morgan fingerprint density at radius 2 is 1.79 bits per heavy atom. The molecule has 0 amide bonds. The number of aromatic nitrogens is 4. The minimum absolute atomic E-state index is 0.251. The summed E-state index contributed by atoms with van der Waals surface area (Å²) in [7, 11) is 0. The van der Waals surface area contributed by atoms with Crippen molar-refractivity contribution in [2.75, 3.05) is 0 Å². The van der Waals surface area contributed by atoms with Crippen LogP contribution in [0.5, 0.6) is 0 Å². The van der Waals surface area contributed by atoms with Gasteiger partial charge in [-0.2, -0.15) is 9.50 Å². The molecule has 3 heterocycles. The molecule has 4 rings (SSSR count). The van der Waals surface area contributed by atoms with Gasteiger partial charge in [0.1, 0.15) is 0 Å². The van der Waals surface area contributed by atoms with Gasteiger partial charge in [-0.1, -0.05) is 40.6 Å². The first kappa shape index (κ1) is 15.3. The summed E-state index contributed by atoms with van der Waals surface area (Å²) in [6.07, 6.45) is 4.97. The van der Waals surface area contributed by atoms with Crippen molar-refractivity contribution in [3.63, 3.8) is 0 Å². The molecule has 0 fully saturated rings. The summed E-state index contributed by atoms with van der Waals surface area (Å²) < 4.78 is 1.76. The standard InChI is InChI=1S/C16H8Cl2N4OS/c17-11-2-1-3-12(18)10(11)8-13-15(23)22-16(24-13)20-14(21-22)9-4-6-19-7-5-9/h1-8H/b13-8-. The second-order valence-corrected chi connectivity index (χ2v) is 6.74. The van der Waals surface area contributed by atoms with E-state index in [9.17, 15) is 4.79 Å². The zero-order valence-corrected chi connectivity index (χ0v) is 14.3. The number of thiazole rings is 1. The van der Waals surface area contributed by atoms with Crippen molar-refractivity contribution in [2.24, 2.45) is 0 Å². The molecule has 0 radical (unpaired) electrons. The molecule has 0 saturated carbocycles. The summed E-state index contributed by atoms with van der Waals surface area (Å²) in [5, 5.41) is 5.25. The number of pyridine rings is 1. The highest BCUT2D eigenvalue weighted by molar-refractivity contribution is 7.15. The molecule has 0 aliphatic heterocycles. The first-order chi connectivity index (χ1) is 11.6. The third-order valence-electron chi connectivity index (χ3n) is 3.40. The highest BCUT2D eigenvalue weighted by Crippen LogP contribution is 2.24. The van der Waals surface area contributed by atoms with E-state index in [-0.39, 0.29) is 5.56 Å². The lowest BCUT2D eigenvalue weighted by atomic mass is 10.2. The van der Waals surface area contributed by atoms with Gasteiger partial charge in [0.25, 0.3) is 5.56 Å². The third kappa shape index (κ3) is 2.58. The fourth-order valence-corrected chi connectivity index (χ4v) is 3.63. The molecule has 118 valence electrons. The molecule has 8 heteroatoms. The second-order valence-electron chi connectivity index (χ2n) is 4.92. The van der Waals surface area contributed by atoms with Gasteiger partial charge < -0.3 is 0 Å². The Kier molecular flexibility index (Phi) is 3.80. The smallest absolute Gasteiger partial charge is 0.266 e. The van der Waals surface area contributed by atoms with E-state index in [4.69, 9.17) is 23.2 Å². The van der Waals surface area contributed by atoms with Gasteiger partial charge >= 0.3 is 0 Å². The monoisotopic (exact) mass is 374 g/mol. The van der Waals surface area contributed by atoms with E-state index in [1.807, 2.05) is 0 Å². The van der Waals surface area contributed by atoms with Crippen LogP contribution in [0.15, 0.2) is 47.5 Å². The summed E-state index contributed by atoms with van der Waals surface area (Å²) >= 11 is 13.5. The van der Waals surface area contributed by atoms with Crippen LogP contribution in [0.3, 0.4) is 0 Å². The van der Waals surface area contributed by atoms with E-state index in [2.05, 4.69) is 15.1 Å². The average molecular weight is 375 g/mol. The average Bonchev–Trinajstić information content (AvgIpc) is 3.12. The van der Waals surface area contributed by atoms with Crippen LogP contribution in [-0.2, 0) is 0 Å². The summed E-state index contributed by atoms with van der Waals surface area (Å²) in [5.41, 5.74) is 1.16. The molecule has 1 aromatic carbocycles. The lowest BCUT2D eigenvalue weighted by molar-refractivity contribution is 0.936. The molecular formula is C16H8Cl2N4OS. The number of hydrogen-bond donors (Lipinski definition) is 0. The summed E-state index contributed by atoms with van der Waals surface area (Å²) in [6.45, 7) is 0. The molecule has 4 aromatic rings. The van der Waals surface area contributed by atoms with Crippen LogP contribution in [0.2, 0.25) is 10.0 Å². The Balaban J connectivity index is 1.88. The molecule has 0 spiro atoms. The number of benzene rings is 1. The van der Waals surface area contributed by atoms with Gasteiger partial charge in [0, 0.05) is 33.6 Å². The molecule has 0 N–H and O–H groups in total. The second kappa shape index (κ2) is 5.98. The first-order valence-electron chi connectivity index (χ1n) is 6.89. The minimum atomic E-state index is -0.251. The summed E-state index contributed by atoms with van der Waals surface area (Å²) in [5.74, 6) is 0.489. The molecule has 0 unspecified atom stereocenters. The van der Waals surface area contributed by atoms with Gasteiger partial charge in [0.2, 0.25) is 4.96 Å². The number of fused-ring (bicyclic) bond motifs is 1. The Bertz CT molecular complexity index is 1130. The fourth-order valence-electron chi connectivity index (χ4n) is 2.24. The summed E-state index contributed by atoms with van der Waals surface area (Å²) in [4.78, 5) is 21.4. The van der Waals surface area contributed by atoms with Crippen LogP contribution >= 0.6 is 34.5 Å². The maximum Gasteiger partial charge on any atom is 0.291 e. The molecule has 3 aromatic heterocycles. The van der Waals surface area contributed by atoms with Crippen LogP contribution in [0.25, 0.3) is 22.4 Å². The number of nitrogens with zero attached hydrogens (tertiary/aromatic N) is 4. The lowest BCUT2D eigenvalue weighted by Crippen LogP contribution is -2.23. The van der Waals surface area contributed by atoms with Crippen LogP contribution in [0, 0.1) is 0 Å². The molecule has 0 aliphatic rings. The molecule has 24 heavy (non-hydrogen) atoms. The Morgan fingerprint density at radius 1 is 1.08 bits per heavy atom. The van der Waals surface area contributed by atoms with Gasteiger partial charge in [-0.05, 0) is 30.3 Å². The van der Waals surface area contributed by atoms with Crippen LogP contribution in [-0.4, -0.2) is 19.6 Å². The first-order valence-corrected chi connectivity index (χ1v) is 8.46.